The van der Waals surface area contributed by atoms with Crippen molar-refractivity contribution in [3.8, 4) is 11.4 Å². The molecule has 3 saturated heterocycles. The summed E-state index contributed by atoms with van der Waals surface area (Å²) in [7, 11) is 0. The highest BCUT2D eigenvalue weighted by Crippen LogP contribution is 2.30. The standard InChI is InChI=1S/C24H33F2N11O3.CH3Cl/c25-19(26)18-16(13-30-22(27)31-18)20-32-23(34-24(33-20)37-9-11-40-12-10-37)36-7-5-35(6-8-36)17(38)14-29-21(39)15-1-3-28-4-2-15;1-2/h13,15,19,28H,1-12,14H2,(H,29,39)(H2,27,30,31);1H3/p+1. The Kier molecular flexibility index (Phi) is 11.3. The number of anilines is 3. The van der Waals surface area contributed by atoms with E-state index in [9.17, 15) is 18.4 Å². The third-order valence-electron chi connectivity index (χ3n) is 7.33. The van der Waals surface area contributed by atoms with Gasteiger partial charge in [0.1, 0.15) is 5.69 Å². The molecule has 3 fully saturated rings. The summed E-state index contributed by atoms with van der Waals surface area (Å²) in [5.74, 6) is 0.133. The molecule has 0 saturated carbocycles. The summed E-state index contributed by atoms with van der Waals surface area (Å²) < 4.78 is 33.1. The number of hydrogen-bond acceptors (Lipinski definition) is 11. The van der Waals surface area contributed by atoms with Gasteiger partial charge in [0.25, 0.3) is 6.43 Å². The quantitative estimate of drug-likeness (QED) is 0.337. The average molecular weight is 613 g/mol. The number of alkyl halides is 3. The van der Waals surface area contributed by atoms with E-state index >= 15 is 0 Å². The maximum atomic E-state index is 13.8. The van der Waals surface area contributed by atoms with Crippen LogP contribution >= 0.6 is 11.6 Å². The smallest absolute Gasteiger partial charge is 0.281 e. The van der Waals surface area contributed by atoms with Gasteiger partial charge in [-0.3, -0.25) is 9.59 Å². The Morgan fingerprint density at radius 2 is 1.64 bits per heavy atom. The van der Waals surface area contributed by atoms with Gasteiger partial charge in [0.15, 0.2) is 5.82 Å². The maximum absolute atomic E-state index is 13.8. The molecule has 17 heteroatoms. The summed E-state index contributed by atoms with van der Waals surface area (Å²) in [6.45, 7) is 5.50. The number of quaternary nitrogens is 1. The number of aromatic nitrogens is 5. The van der Waals surface area contributed by atoms with Crippen LogP contribution in [0.25, 0.3) is 11.4 Å². The van der Waals surface area contributed by atoms with Gasteiger partial charge in [0, 0.05) is 70.6 Å². The number of piperidine rings is 1. The van der Waals surface area contributed by atoms with Crippen molar-refractivity contribution >= 4 is 41.3 Å². The summed E-state index contributed by atoms with van der Waals surface area (Å²) in [5.41, 5.74) is 4.98. The topological polar surface area (TPSA) is 172 Å². The summed E-state index contributed by atoms with van der Waals surface area (Å²) in [6.07, 6.45) is 1.40. The number of morpholine rings is 1. The Labute approximate surface area is 247 Å². The second-order valence-electron chi connectivity index (χ2n) is 9.91. The molecule has 0 radical (unpaired) electrons. The van der Waals surface area contributed by atoms with E-state index in [0.29, 0.717) is 64.4 Å². The van der Waals surface area contributed by atoms with Crippen molar-refractivity contribution in [1.29, 1.82) is 0 Å². The highest BCUT2D eigenvalue weighted by molar-refractivity contribution is 6.15. The first-order valence-electron chi connectivity index (χ1n) is 13.9. The number of hydrogen-bond donors (Lipinski definition) is 3. The van der Waals surface area contributed by atoms with Crippen LogP contribution in [-0.4, -0.2) is 120 Å². The highest BCUT2D eigenvalue weighted by atomic mass is 35.5. The number of halogens is 3. The molecule has 2 aromatic heterocycles. The number of piperazine rings is 1. The van der Waals surface area contributed by atoms with Gasteiger partial charge in [-0.05, 0) is 0 Å². The molecule has 0 unspecified atom stereocenters. The zero-order valence-electron chi connectivity index (χ0n) is 23.5. The lowest BCUT2D eigenvalue weighted by atomic mass is 9.97. The molecule has 0 spiro atoms. The fourth-order valence-corrected chi connectivity index (χ4v) is 5.03. The minimum atomic E-state index is -2.90. The number of nitrogens with one attached hydrogen (secondary N) is 1. The second-order valence-corrected chi connectivity index (χ2v) is 9.91. The van der Waals surface area contributed by atoms with Crippen molar-refractivity contribution in [2.45, 2.75) is 19.3 Å². The fourth-order valence-electron chi connectivity index (χ4n) is 5.03. The zero-order valence-corrected chi connectivity index (χ0v) is 24.3. The van der Waals surface area contributed by atoms with Gasteiger partial charge in [-0.25, -0.2) is 18.7 Å². The number of nitrogens with zero attached hydrogens (tertiary/aromatic N) is 8. The third kappa shape index (κ3) is 7.86. The van der Waals surface area contributed by atoms with Crippen LogP contribution < -0.4 is 26.2 Å². The van der Waals surface area contributed by atoms with Gasteiger partial charge in [-0.1, -0.05) is 0 Å². The first-order chi connectivity index (χ1) is 20.4. The lowest BCUT2D eigenvalue weighted by Crippen LogP contribution is -2.86. The molecular weight excluding hydrogens is 576 g/mol. The molecule has 2 amide bonds. The minimum Gasteiger partial charge on any atom is -0.378 e. The predicted molar refractivity (Wildman–Crippen MR) is 151 cm³/mol. The monoisotopic (exact) mass is 612 g/mol. The second kappa shape index (κ2) is 15.1. The molecule has 5 heterocycles. The van der Waals surface area contributed by atoms with Crippen LogP contribution in [0.1, 0.15) is 25.0 Å². The zero-order chi connectivity index (χ0) is 30.1. The molecule has 5 N–H and O–H groups in total. The summed E-state index contributed by atoms with van der Waals surface area (Å²) in [5, 5.41) is 4.98. The summed E-state index contributed by atoms with van der Waals surface area (Å²) >= 11 is 4.64. The van der Waals surface area contributed by atoms with Crippen LogP contribution in [-0.2, 0) is 14.3 Å². The van der Waals surface area contributed by atoms with Crippen molar-refractivity contribution in [1.82, 2.24) is 35.1 Å². The number of carbonyl (C=O) groups excluding carboxylic acids is 2. The van der Waals surface area contributed by atoms with Crippen LogP contribution in [0.3, 0.4) is 0 Å². The van der Waals surface area contributed by atoms with Crippen LogP contribution in [0, 0.1) is 5.92 Å². The minimum absolute atomic E-state index is 0.0170. The Balaban J connectivity index is 0.00000198. The maximum Gasteiger partial charge on any atom is 0.281 e. The Hall–Kier alpha value is -3.50. The van der Waals surface area contributed by atoms with Crippen LogP contribution in [0.4, 0.5) is 26.6 Å². The van der Waals surface area contributed by atoms with E-state index in [1.807, 2.05) is 9.80 Å². The number of nitrogen functional groups attached to an aromatic ring is 1. The molecule has 2 aromatic rings. The fraction of sp³-hybridized carbons (Fsp3) is 0.640. The Morgan fingerprint density at radius 1 is 1.02 bits per heavy atom. The molecule has 14 nitrogen and oxygen atoms in total. The highest BCUT2D eigenvalue weighted by Gasteiger charge is 2.28. The molecule has 0 atom stereocenters. The van der Waals surface area contributed by atoms with E-state index in [2.05, 4.69) is 47.2 Å². The number of amides is 2. The van der Waals surface area contributed by atoms with Gasteiger partial charge in [-0.15, -0.1) is 11.6 Å². The average Bonchev–Trinajstić information content (AvgIpc) is 3.05. The molecule has 5 rings (SSSR count). The molecule has 0 bridgehead atoms. The van der Waals surface area contributed by atoms with Gasteiger partial charge in [0.2, 0.25) is 29.7 Å². The van der Waals surface area contributed by atoms with Crippen LogP contribution in [0.5, 0.6) is 0 Å². The normalized spacial score (nSPS) is 18.0. The van der Waals surface area contributed by atoms with Crippen LogP contribution in [0.2, 0.25) is 0 Å². The number of carbonyl (C=O) groups is 2. The van der Waals surface area contributed by atoms with Crippen molar-refractivity contribution in [3.63, 3.8) is 0 Å². The van der Waals surface area contributed by atoms with Crippen LogP contribution in [0.15, 0.2) is 6.20 Å². The van der Waals surface area contributed by atoms with Gasteiger partial charge < -0.3 is 35.8 Å². The van der Waals surface area contributed by atoms with E-state index in [0.717, 1.165) is 25.9 Å². The first kappa shape index (κ1) is 31.4. The molecule has 0 aromatic carbocycles. The molecule has 3 aliphatic rings. The third-order valence-corrected chi connectivity index (χ3v) is 7.33. The SMILES string of the molecule is CCl.Nc1ncc(-c2nc(N3CCOCC3)nc(N3CCN(C(=O)CNC(=O)C4CC[NH2+]CC4)CC3)n2)c(C(F)F)n1. The number of rotatable bonds is 7. The Morgan fingerprint density at radius 3 is 2.26 bits per heavy atom. The molecule has 0 aliphatic carbocycles. The van der Waals surface area contributed by atoms with Gasteiger partial charge in [-0.2, -0.15) is 15.0 Å². The molecule has 230 valence electrons. The lowest BCUT2D eigenvalue weighted by molar-refractivity contribution is -0.664. The van der Waals surface area contributed by atoms with Crippen molar-refractivity contribution < 1.29 is 28.4 Å². The van der Waals surface area contributed by atoms with Gasteiger partial charge >= 0.3 is 0 Å². The lowest BCUT2D eigenvalue weighted by Gasteiger charge is -2.35. The largest absolute Gasteiger partial charge is 0.378 e. The molecular formula is C25H37ClF2N11O3+. The molecule has 3 aliphatic heterocycles. The van der Waals surface area contributed by atoms with E-state index in [1.165, 1.54) is 12.6 Å². The Bertz CT molecular complexity index is 1210. The van der Waals surface area contributed by atoms with E-state index in [4.69, 9.17) is 10.5 Å². The van der Waals surface area contributed by atoms with Crippen molar-refractivity contribution in [3.05, 3.63) is 11.9 Å². The molecule has 42 heavy (non-hydrogen) atoms. The number of nitrogens with two attached hydrogens (primary N) is 2. The summed E-state index contributed by atoms with van der Waals surface area (Å²) in [4.78, 5) is 51.9. The van der Waals surface area contributed by atoms with Gasteiger partial charge in [0.05, 0.1) is 38.4 Å². The summed E-state index contributed by atoms with van der Waals surface area (Å²) in [6, 6.07) is 0. The van der Waals surface area contributed by atoms with E-state index in [1.54, 1.807) is 4.90 Å². The van der Waals surface area contributed by atoms with E-state index in [-0.39, 0.29) is 41.6 Å². The van der Waals surface area contributed by atoms with E-state index < -0.39 is 12.1 Å². The van der Waals surface area contributed by atoms with Crippen molar-refractivity contribution in [2.24, 2.45) is 5.92 Å². The number of ether oxygens (including phenoxy) is 1. The van der Waals surface area contributed by atoms with Crippen molar-refractivity contribution in [2.75, 3.05) is 94.0 Å². The first-order valence-corrected chi connectivity index (χ1v) is 14.6. The predicted octanol–water partition coefficient (Wildman–Crippen LogP) is -0.722.